The summed E-state index contributed by atoms with van der Waals surface area (Å²) in [5, 5.41) is 18.1. The number of benzene rings is 12. The first-order valence-corrected chi connectivity index (χ1v) is 30.3. The van der Waals surface area contributed by atoms with Crippen molar-refractivity contribution in [2.45, 2.75) is 46.2 Å². The summed E-state index contributed by atoms with van der Waals surface area (Å²) >= 11 is 0. The minimum atomic E-state index is -4.98. The zero-order valence-corrected chi connectivity index (χ0v) is 50.7. The third-order valence-electron chi connectivity index (χ3n) is 18.0. The third-order valence-corrected chi connectivity index (χ3v) is 18.0. The second kappa shape index (κ2) is 21.9. The number of halogens is 9. The van der Waals surface area contributed by atoms with Crippen LogP contribution in [0.1, 0.15) is 44.5 Å². The normalized spacial score (nSPS) is 12.3. The molecule has 0 unspecified atom stereocenters. The lowest BCUT2D eigenvalue weighted by Gasteiger charge is -2.23. The third kappa shape index (κ3) is 9.63. The first-order valence-electron chi connectivity index (χ1n) is 30.3. The Balaban J connectivity index is 0.000000155. The fourth-order valence-electron chi connectivity index (χ4n) is 13.9. The van der Waals surface area contributed by atoms with Gasteiger partial charge < -0.3 is 18.3 Å². The average molecular weight is 1250 g/mol. The molecule has 0 aliphatic heterocycles. The molecule has 16 aromatic rings. The van der Waals surface area contributed by atoms with Crippen LogP contribution in [0.3, 0.4) is 0 Å². The van der Waals surface area contributed by atoms with Crippen LogP contribution in [-0.4, -0.2) is 18.3 Å². The average Bonchev–Trinajstić information content (AvgIpc) is 1.52. The molecule has 4 heterocycles. The topological polar surface area (TPSA) is 43.5 Å². The molecule has 0 fully saturated rings. The monoisotopic (exact) mass is 1250 g/mol. The van der Waals surface area contributed by atoms with Crippen LogP contribution in [-0.2, 0) is 18.5 Å². The lowest BCUT2D eigenvalue weighted by Crippen LogP contribution is -2.14. The van der Waals surface area contributed by atoms with Gasteiger partial charge in [-0.25, -0.2) is 0 Å². The molecule has 16 rings (SSSR count). The van der Waals surface area contributed by atoms with Crippen molar-refractivity contribution in [3.8, 4) is 51.1 Å². The molecule has 0 amide bonds. The molecule has 0 saturated carbocycles. The predicted molar refractivity (Wildman–Crippen MR) is 360 cm³/mol. The summed E-state index contributed by atoms with van der Waals surface area (Å²) in [7, 11) is 0. The van der Waals surface area contributed by atoms with Crippen LogP contribution in [0.5, 0.6) is 0 Å². The van der Waals surface area contributed by atoms with Crippen LogP contribution in [0.2, 0.25) is 0 Å². The van der Waals surface area contributed by atoms with Crippen molar-refractivity contribution in [1.82, 2.24) is 18.3 Å². The number of aromatic nitrogens is 4. The first kappa shape index (κ1) is 59.0. The van der Waals surface area contributed by atoms with E-state index >= 15 is 13.2 Å². The van der Waals surface area contributed by atoms with E-state index < -0.39 is 46.3 Å². The van der Waals surface area contributed by atoms with Crippen molar-refractivity contribution in [2.24, 2.45) is 0 Å². The summed E-state index contributed by atoms with van der Waals surface area (Å²) in [4.78, 5) is 0. The summed E-state index contributed by atoms with van der Waals surface area (Å²) in [6, 6.07) is 73.5. The van der Waals surface area contributed by atoms with Gasteiger partial charge in [0, 0.05) is 48.7 Å². The van der Waals surface area contributed by atoms with Gasteiger partial charge in [-0.1, -0.05) is 158 Å². The largest absolute Gasteiger partial charge is 0.417 e. The molecule has 0 aliphatic carbocycles. The van der Waals surface area contributed by atoms with Gasteiger partial charge in [-0.2, -0.15) is 44.8 Å². The van der Waals surface area contributed by atoms with Gasteiger partial charge in [-0.05, 0) is 152 Å². The molecule has 460 valence electrons. The van der Waals surface area contributed by atoms with Gasteiger partial charge in [0.25, 0.3) is 0 Å². The van der Waals surface area contributed by atoms with E-state index in [0.29, 0.717) is 33.6 Å². The number of para-hydroxylation sites is 4. The summed E-state index contributed by atoms with van der Waals surface area (Å²) in [6.07, 6.45) is -14.5. The second-order valence-electron chi connectivity index (χ2n) is 24.0. The van der Waals surface area contributed by atoms with E-state index in [4.69, 9.17) is 0 Å². The Morgan fingerprint density at radius 3 is 0.851 bits per heavy atom. The van der Waals surface area contributed by atoms with Crippen LogP contribution in [0.25, 0.3) is 132 Å². The molecule has 12 aromatic carbocycles. The molecular weight excluding hydrogens is 1200 g/mol. The van der Waals surface area contributed by atoms with Gasteiger partial charge in [0.15, 0.2) is 0 Å². The fraction of sp³-hybridized carbons (Fsp3) is 0.0875. The number of rotatable bonds is 6. The zero-order valence-electron chi connectivity index (χ0n) is 50.7. The van der Waals surface area contributed by atoms with E-state index in [1.165, 1.54) is 30.3 Å². The van der Waals surface area contributed by atoms with E-state index in [0.717, 1.165) is 117 Å². The number of hydrogen-bond donors (Lipinski definition) is 0. The molecular formula is C80H52F9N5. The summed E-state index contributed by atoms with van der Waals surface area (Å²) in [6.45, 7) is 7.91. The van der Waals surface area contributed by atoms with Gasteiger partial charge in [0.05, 0.1) is 95.2 Å². The number of fused-ring (bicyclic) bond motifs is 12. The molecule has 0 saturated heterocycles. The fourth-order valence-corrected chi connectivity index (χ4v) is 13.9. The minimum Gasteiger partial charge on any atom is -0.307 e. The standard InChI is InChI=1S/C40H26F6N2.C40H26F3N3/c1-23-15-17-28-26-10-4-7-13-33(26)47(35(28)19-23)37-21-30(25-9-3-6-12-31(25)39(41,42)43)32(40(44,45)46)22-38(37)48-34-14-8-5-11-27(34)29-18-16-24(2)20-36(29)48;1-24-15-17-30-28-10-4-7-13-34(28)45(36(30)19-24)38-21-26(23-44)32(27-9-3-6-12-33(27)40(41,42)43)22-39(38)46-35-14-8-5-11-29(35)31-18-16-25(2)20-37(31)46/h3-22H,1-2H3;3-22H,1-2H3. The summed E-state index contributed by atoms with van der Waals surface area (Å²) < 4.78 is 140. The van der Waals surface area contributed by atoms with Crippen molar-refractivity contribution in [3.05, 3.63) is 287 Å². The van der Waals surface area contributed by atoms with E-state index in [9.17, 15) is 31.6 Å². The summed E-state index contributed by atoms with van der Waals surface area (Å²) in [5.41, 5.74) is 8.56. The number of nitrogens with zero attached hydrogens (tertiary/aromatic N) is 5. The molecule has 0 N–H and O–H groups in total. The maximum absolute atomic E-state index is 15.2. The van der Waals surface area contributed by atoms with Gasteiger partial charge in [-0.15, -0.1) is 0 Å². The first-order chi connectivity index (χ1) is 45.2. The Hall–Kier alpha value is -11.3. The van der Waals surface area contributed by atoms with Crippen LogP contribution >= 0.6 is 0 Å². The van der Waals surface area contributed by atoms with Crippen LogP contribution in [0.4, 0.5) is 39.5 Å². The quantitative estimate of drug-likeness (QED) is 0.153. The van der Waals surface area contributed by atoms with Crippen molar-refractivity contribution in [3.63, 3.8) is 0 Å². The SMILES string of the molecule is Cc1ccc2c3ccccc3n(-c3cc(-c4ccccc4C(F)(F)F)c(C(F)(F)F)cc3-n3c4ccccc4c4ccc(C)cc43)c2c1.Cc1ccc2c3ccccc3n(-c3cc(C#N)c(-c4ccccc4C(F)(F)F)cc3-n3c4ccccc4c4ccc(C)cc43)c2c1. The highest BCUT2D eigenvalue weighted by atomic mass is 19.4. The Morgan fingerprint density at radius 2 is 0.521 bits per heavy atom. The van der Waals surface area contributed by atoms with Crippen LogP contribution < -0.4 is 0 Å². The predicted octanol–water partition coefficient (Wildman–Crippen LogP) is 23.3. The Bertz CT molecular complexity index is 5840. The maximum atomic E-state index is 15.2. The molecule has 4 aromatic heterocycles. The molecule has 5 nitrogen and oxygen atoms in total. The van der Waals surface area contributed by atoms with E-state index in [1.807, 2.05) is 154 Å². The Labute approximate surface area is 532 Å². The number of nitriles is 1. The molecule has 0 radical (unpaired) electrons. The molecule has 0 bridgehead atoms. The Kier molecular flexibility index (Phi) is 13.8. The highest BCUT2D eigenvalue weighted by Gasteiger charge is 2.40. The number of aryl methyl sites for hydroxylation is 4. The van der Waals surface area contributed by atoms with Gasteiger partial charge >= 0.3 is 18.5 Å². The molecule has 0 aliphatic rings. The summed E-state index contributed by atoms with van der Waals surface area (Å²) in [5.74, 6) is 0. The maximum Gasteiger partial charge on any atom is 0.417 e. The van der Waals surface area contributed by atoms with Crippen molar-refractivity contribution in [2.75, 3.05) is 0 Å². The molecule has 14 heteroatoms. The number of alkyl halides is 9. The van der Waals surface area contributed by atoms with Gasteiger partial charge in [-0.3, -0.25) is 0 Å². The second-order valence-corrected chi connectivity index (χ2v) is 24.0. The lowest BCUT2D eigenvalue weighted by molar-refractivity contribution is -0.139. The van der Waals surface area contributed by atoms with Gasteiger partial charge in [0.1, 0.15) is 0 Å². The Morgan fingerprint density at radius 1 is 0.255 bits per heavy atom. The highest BCUT2D eigenvalue weighted by molar-refractivity contribution is 6.14. The lowest BCUT2D eigenvalue weighted by atomic mass is 9.93. The van der Waals surface area contributed by atoms with E-state index in [-0.39, 0.29) is 22.4 Å². The van der Waals surface area contributed by atoms with Crippen molar-refractivity contribution in [1.29, 1.82) is 5.26 Å². The zero-order chi connectivity index (χ0) is 65.3. The minimum absolute atomic E-state index is 0.0330. The molecule has 0 spiro atoms. The van der Waals surface area contributed by atoms with Crippen LogP contribution in [0, 0.1) is 39.0 Å². The number of hydrogen-bond acceptors (Lipinski definition) is 1. The molecule has 94 heavy (non-hydrogen) atoms. The van der Waals surface area contributed by atoms with E-state index in [1.54, 1.807) is 22.8 Å². The van der Waals surface area contributed by atoms with Crippen LogP contribution in [0.15, 0.2) is 243 Å². The molecule has 0 atom stereocenters. The van der Waals surface area contributed by atoms with E-state index in [2.05, 4.69) is 63.7 Å². The smallest absolute Gasteiger partial charge is 0.307 e. The van der Waals surface area contributed by atoms with Gasteiger partial charge in [0.2, 0.25) is 0 Å². The van der Waals surface area contributed by atoms with Crippen molar-refractivity contribution < 1.29 is 39.5 Å². The van der Waals surface area contributed by atoms with Crippen molar-refractivity contribution >= 4 is 87.2 Å². The highest BCUT2D eigenvalue weighted by Crippen LogP contribution is 2.49.